The lowest BCUT2D eigenvalue weighted by Gasteiger charge is -2.41. The highest BCUT2D eigenvalue weighted by molar-refractivity contribution is 5.31. The fourth-order valence-corrected chi connectivity index (χ4v) is 4.69. The maximum atomic E-state index is 10.5. The van der Waals surface area contributed by atoms with Crippen LogP contribution in [0, 0.1) is 11.3 Å². The van der Waals surface area contributed by atoms with Gasteiger partial charge in [0.1, 0.15) is 25.0 Å². The summed E-state index contributed by atoms with van der Waals surface area (Å²) in [6.45, 7) is 17.3. The molecule has 0 saturated carbocycles. The van der Waals surface area contributed by atoms with E-state index in [2.05, 4.69) is 60.7 Å². The fourth-order valence-electron chi connectivity index (χ4n) is 4.69. The van der Waals surface area contributed by atoms with Crippen molar-refractivity contribution in [1.29, 1.82) is 0 Å². The summed E-state index contributed by atoms with van der Waals surface area (Å²) in [6, 6.07) is 8.44. The first kappa shape index (κ1) is 22.2. The Labute approximate surface area is 167 Å². The van der Waals surface area contributed by atoms with Gasteiger partial charge in [-0.15, -0.1) is 0 Å². The number of benzene rings is 1. The Morgan fingerprint density at radius 2 is 1.63 bits per heavy atom. The zero-order chi connectivity index (χ0) is 20.3. The van der Waals surface area contributed by atoms with E-state index in [-0.39, 0.29) is 5.41 Å². The van der Waals surface area contributed by atoms with E-state index in [1.165, 1.54) is 18.4 Å². The number of likely N-dealkylation sites (tertiary alicyclic amines) is 1. The molecule has 1 aliphatic rings. The van der Waals surface area contributed by atoms with Crippen LogP contribution in [0.4, 0.5) is 0 Å². The molecule has 27 heavy (non-hydrogen) atoms. The molecule has 3 heteroatoms. The van der Waals surface area contributed by atoms with Gasteiger partial charge in [0, 0.05) is 0 Å². The molecule has 1 heterocycles. The van der Waals surface area contributed by atoms with Gasteiger partial charge in [-0.1, -0.05) is 53.7 Å². The third-order valence-corrected chi connectivity index (χ3v) is 6.03. The van der Waals surface area contributed by atoms with Crippen molar-refractivity contribution in [3.63, 3.8) is 0 Å². The third kappa shape index (κ3) is 7.12. The molecular weight excluding hydrogens is 334 g/mol. The van der Waals surface area contributed by atoms with Crippen molar-refractivity contribution in [2.24, 2.45) is 11.3 Å². The highest BCUT2D eigenvalue weighted by atomic mass is 16.5. The first-order valence-corrected chi connectivity index (χ1v) is 10.6. The summed E-state index contributed by atoms with van der Waals surface area (Å²) in [5.74, 6) is 1.67. The van der Waals surface area contributed by atoms with Gasteiger partial charge in [-0.05, 0) is 53.7 Å². The molecule has 154 valence electrons. The number of rotatable bonds is 7. The Bertz CT molecular complexity index is 577. The van der Waals surface area contributed by atoms with Crippen LogP contribution in [0.25, 0.3) is 0 Å². The number of quaternary nitrogens is 1. The van der Waals surface area contributed by atoms with Crippen LogP contribution in [0.3, 0.4) is 0 Å². The van der Waals surface area contributed by atoms with Crippen LogP contribution >= 0.6 is 0 Å². The molecule has 0 aromatic heterocycles. The van der Waals surface area contributed by atoms with Crippen LogP contribution in [0.5, 0.6) is 5.75 Å². The number of hydrogen-bond donors (Lipinski definition) is 1. The molecule has 0 spiro atoms. The number of hydrogen-bond acceptors (Lipinski definition) is 2. The molecule has 1 fully saturated rings. The summed E-state index contributed by atoms with van der Waals surface area (Å²) in [5.41, 5.74) is 1.78. The maximum Gasteiger partial charge on any atom is 0.137 e. The summed E-state index contributed by atoms with van der Waals surface area (Å²) in [4.78, 5) is 0. The quantitative estimate of drug-likeness (QED) is 0.677. The van der Waals surface area contributed by atoms with Gasteiger partial charge in [-0.3, -0.25) is 0 Å². The van der Waals surface area contributed by atoms with Crippen molar-refractivity contribution in [1.82, 2.24) is 0 Å². The van der Waals surface area contributed by atoms with E-state index in [0.29, 0.717) is 12.0 Å². The maximum absolute atomic E-state index is 10.5. The van der Waals surface area contributed by atoms with E-state index < -0.39 is 6.10 Å². The zero-order valence-electron chi connectivity index (χ0n) is 18.7. The fraction of sp³-hybridized carbons (Fsp3) is 0.750. The highest BCUT2D eigenvalue weighted by Crippen LogP contribution is 2.36. The second kappa shape index (κ2) is 8.53. The molecule has 0 amide bonds. The largest absolute Gasteiger partial charge is 0.491 e. The number of nitrogens with zero attached hydrogens (tertiary/aromatic N) is 1. The van der Waals surface area contributed by atoms with Gasteiger partial charge in [0.2, 0.25) is 0 Å². The van der Waals surface area contributed by atoms with Crippen LogP contribution in [0.15, 0.2) is 24.3 Å². The van der Waals surface area contributed by atoms with E-state index >= 15 is 0 Å². The molecule has 1 saturated heterocycles. The van der Waals surface area contributed by atoms with Crippen LogP contribution in [-0.4, -0.2) is 49.0 Å². The van der Waals surface area contributed by atoms with Crippen molar-refractivity contribution < 1.29 is 14.3 Å². The Balaban J connectivity index is 1.86. The lowest BCUT2D eigenvalue weighted by molar-refractivity contribution is -0.918. The summed E-state index contributed by atoms with van der Waals surface area (Å²) >= 11 is 0. The lowest BCUT2D eigenvalue weighted by Crippen LogP contribution is -2.54. The van der Waals surface area contributed by atoms with Gasteiger partial charge in [0.25, 0.3) is 0 Å². The molecule has 1 N–H and O–H groups in total. The summed E-state index contributed by atoms with van der Waals surface area (Å²) < 4.78 is 6.85. The van der Waals surface area contributed by atoms with Crippen molar-refractivity contribution in [2.45, 2.75) is 72.3 Å². The van der Waals surface area contributed by atoms with Gasteiger partial charge in [0.15, 0.2) is 0 Å². The highest BCUT2D eigenvalue weighted by Gasteiger charge is 2.31. The number of likely N-dealkylation sites (N-methyl/N-ethyl adjacent to an activating group) is 1. The average molecular weight is 377 g/mol. The molecule has 1 atom stereocenters. The van der Waals surface area contributed by atoms with Crippen LogP contribution < -0.4 is 4.74 Å². The summed E-state index contributed by atoms with van der Waals surface area (Å²) in [5, 5.41) is 10.5. The van der Waals surface area contributed by atoms with Crippen molar-refractivity contribution in [2.75, 3.05) is 33.3 Å². The minimum absolute atomic E-state index is 0.139. The van der Waals surface area contributed by atoms with Crippen LogP contribution in [0.2, 0.25) is 0 Å². The Kier molecular flexibility index (Phi) is 7.02. The van der Waals surface area contributed by atoms with Gasteiger partial charge >= 0.3 is 0 Å². The zero-order valence-corrected chi connectivity index (χ0v) is 18.7. The third-order valence-electron chi connectivity index (χ3n) is 6.03. The van der Waals surface area contributed by atoms with Crippen molar-refractivity contribution in [3.8, 4) is 5.75 Å². The van der Waals surface area contributed by atoms with E-state index in [0.717, 1.165) is 42.2 Å². The second-order valence-electron chi connectivity index (χ2n) is 11.0. The molecule has 1 aromatic carbocycles. The lowest BCUT2D eigenvalue weighted by atomic mass is 9.72. The standard InChI is InChI=1S/C24H42NO2/c1-19-12-14-25(7,15-13-19)16-21(26)17-27-22-10-8-20(9-11-22)24(5,6)18-23(2,3)4/h8-11,19,21,26H,12-18H2,1-7H3/q+1. The van der Waals surface area contributed by atoms with Crippen LogP contribution in [0.1, 0.15) is 66.4 Å². The van der Waals surface area contributed by atoms with Gasteiger partial charge in [-0.25, -0.2) is 0 Å². The Morgan fingerprint density at radius 1 is 1.07 bits per heavy atom. The SMILES string of the molecule is CC1CC[N+](C)(CC(O)COc2ccc(C(C)(C)CC(C)(C)C)cc2)CC1. The predicted octanol–water partition coefficient (Wildman–Crippen LogP) is 5.02. The first-order chi connectivity index (χ1) is 12.4. The number of aliphatic hydroxyl groups is 1. The number of aliphatic hydroxyl groups excluding tert-OH is 1. The monoisotopic (exact) mass is 376 g/mol. The van der Waals surface area contributed by atoms with E-state index in [1.54, 1.807) is 0 Å². The van der Waals surface area contributed by atoms with E-state index in [4.69, 9.17) is 4.74 Å². The van der Waals surface area contributed by atoms with Crippen LogP contribution in [-0.2, 0) is 5.41 Å². The minimum Gasteiger partial charge on any atom is -0.491 e. The topological polar surface area (TPSA) is 29.5 Å². The smallest absolute Gasteiger partial charge is 0.137 e. The predicted molar refractivity (Wildman–Crippen MR) is 114 cm³/mol. The Hall–Kier alpha value is -1.06. The average Bonchev–Trinajstić information content (AvgIpc) is 2.54. The van der Waals surface area contributed by atoms with Gasteiger partial charge < -0.3 is 14.3 Å². The minimum atomic E-state index is -0.416. The molecule has 0 radical (unpaired) electrons. The summed E-state index contributed by atoms with van der Waals surface area (Å²) in [6.07, 6.45) is 3.24. The molecule has 3 nitrogen and oxygen atoms in total. The molecular formula is C24H42NO2+. The van der Waals surface area contributed by atoms with Gasteiger partial charge in [-0.2, -0.15) is 0 Å². The molecule has 0 bridgehead atoms. The molecule has 1 aromatic rings. The van der Waals surface area contributed by atoms with E-state index in [9.17, 15) is 5.11 Å². The molecule has 1 unspecified atom stereocenters. The molecule has 2 rings (SSSR count). The molecule has 1 aliphatic heterocycles. The number of ether oxygens (including phenoxy) is 1. The Morgan fingerprint density at radius 3 is 2.15 bits per heavy atom. The number of piperidine rings is 1. The summed E-state index contributed by atoms with van der Waals surface area (Å²) in [7, 11) is 2.27. The first-order valence-electron chi connectivity index (χ1n) is 10.6. The normalized spacial score (nSPS) is 25.3. The van der Waals surface area contributed by atoms with E-state index in [1.807, 2.05) is 12.1 Å². The van der Waals surface area contributed by atoms with Gasteiger partial charge in [0.05, 0.1) is 20.1 Å². The second-order valence-corrected chi connectivity index (χ2v) is 11.0. The van der Waals surface area contributed by atoms with Crippen molar-refractivity contribution in [3.05, 3.63) is 29.8 Å². The molecule has 0 aliphatic carbocycles. The van der Waals surface area contributed by atoms with Crippen molar-refractivity contribution >= 4 is 0 Å².